The summed E-state index contributed by atoms with van der Waals surface area (Å²) in [5.74, 6) is -0.0565. The molecule has 0 radical (unpaired) electrons. The van der Waals surface area contributed by atoms with Gasteiger partial charge in [-0.05, 0) is 37.3 Å². The van der Waals surface area contributed by atoms with Crippen molar-refractivity contribution < 1.29 is 4.79 Å². The first-order valence-corrected chi connectivity index (χ1v) is 6.11. The molecular formula is C14H13N5O. The van der Waals surface area contributed by atoms with Gasteiger partial charge in [0, 0.05) is 16.8 Å². The summed E-state index contributed by atoms with van der Waals surface area (Å²) in [6.45, 7) is 1.86. The number of nitrogens with one attached hydrogen (secondary N) is 2. The topological polar surface area (TPSA) is 96.7 Å². The first-order valence-electron chi connectivity index (χ1n) is 6.11. The van der Waals surface area contributed by atoms with Crippen molar-refractivity contribution >= 4 is 28.3 Å². The van der Waals surface area contributed by atoms with Gasteiger partial charge in [-0.25, -0.2) is 4.98 Å². The van der Waals surface area contributed by atoms with Crippen LogP contribution >= 0.6 is 0 Å². The third kappa shape index (κ3) is 2.18. The molecule has 6 nitrogen and oxygen atoms in total. The smallest absolute Gasteiger partial charge is 0.252 e. The van der Waals surface area contributed by atoms with E-state index in [4.69, 9.17) is 5.73 Å². The van der Waals surface area contributed by atoms with Gasteiger partial charge in [-0.15, -0.1) is 0 Å². The number of aromatic amines is 1. The largest absolute Gasteiger partial charge is 0.365 e. The molecule has 0 fully saturated rings. The summed E-state index contributed by atoms with van der Waals surface area (Å²) in [6, 6.07) is 9.15. The van der Waals surface area contributed by atoms with Crippen molar-refractivity contribution in [2.45, 2.75) is 6.92 Å². The molecule has 1 aromatic carbocycles. The minimum atomic E-state index is -0.511. The highest BCUT2D eigenvalue weighted by Crippen LogP contribution is 2.22. The third-order valence-corrected chi connectivity index (χ3v) is 3.00. The molecule has 0 atom stereocenters. The van der Waals surface area contributed by atoms with Crippen LogP contribution in [0.15, 0.2) is 36.5 Å². The van der Waals surface area contributed by atoms with E-state index in [0.29, 0.717) is 11.4 Å². The fraction of sp³-hybridized carbons (Fsp3) is 0.0714. The number of anilines is 2. The number of primary amides is 1. The zero-order chi connectivity index (χ0) is 14.1. The lowest BCUT2D eigenvalue weighted by atomic mass is 10.2. The maximum Gasteiger partial charge on any atom is 0.252 e. The molecule has 0 spiro atoms. The number of benzene rings is 1. The summed E-state index contributed by atoms with van der Waals surface area (Å²) in [7, 11) is 0. The third-order valence-electron chi connectivity index (χ3n) is 3.00. The highest BCUT2D eigenvalue weighted by molar-refractivity contribution is 5.98. The van der Waals surface area contributed by atoms with E-state index in [-0.39, 0.29) is 0 Å². The fourth-order valence-electron chi connectivity index (χ4n) is 2.00. The Morgan fingerprint density at radius 2 is 2.15 bits per heavy atom. The van der Waals surface area contributed by atoms with Gasteiger partial charge in [0.1, 0.15) is 5.82 Å². The van der Waals surface area contributed by atoms with Crippen LogP contribution in [-0.2, 0) is 0 Å². The average Bonchev–Trinajstić information content (AvgIpc) is 2.85. The van der Waals surface area contributed by atoms with Crippen LogP contribution in [0, 0.1) is 6.92 Å². The number of hydrogen-bond donors (Lipinski definition) is 3. The van der Waals surface area contributed by atoms with Crippen molar-refractivity contribution in [2.24, 2.45) is 5.73 Å². The Kier molecular flexibility index (Phi) is 2.83. The number of carbonyl (C=O) groups is 1. The Bertz CT molecular complexity index is 793. The molecule has 20 heavy (non-hydrogen) atoms. The lowest BCUT2D eigenvalue weighted by molar-refractivity contribution is 0.100. The van der Waals surface area contributed by atoms with Crippen molar-refractivity contribution in [3.05, 3.63) is 47.8 Å². The van der Waals surface area contributed by atoms with Crippen molar-refractivity contribution in [1.29, 1.82) is 0 Å². The second-order valence-corrected chi connectivity index (χ2v) is 4.51. The lowest BCUT2D eigenvalue weighted by Crippen LogP contribution is -2.14. The Morgan fingerprint density at radius 3 is 2.95 bits per heavy atom. The molecule has 1 amide bonds. The molecular weight excluding hydrogens is 254 g/mol. The molecule has 0 aliphatic carbocycles. The number of fused-ring (bicyclic) bond motifs is 1. The number of carbonyl (C=O) groups excluding carboxylic acids is 1. The molecule has 0 unspecified atom stereocenters. The predicted molar refractivity (Wildman–Crippen MR) is 76.9 cm³/mol. The number of nitrogens with two attached hydrogens (primary N) is 1. The van der Waals surface area contributed by atoms with Crippen LogP contribution < -0.4 is 11.1 Å². The van der Waals surface area contributed by atoms with Crippen LogP contribution in [0.1, 0.15) is 16.1 Å². The van der Waals surface area contributed by atoms with E-state index >= 15 is 0 Å². The van der Waals surface area contributed by atoms with E-state index in [2.05, 4.69) is 20.5 Å². The van der Waals surface area contributed by atoms with Crippen LogP contribution in [-0.4, -0.2) is 21.1 Å². The van der Waals surface area contributed by atoms with Crippen molar-refractivity contribution in [1.82, 2.24) is 15.2 Å². The molecule has 0 saturated carbocycles. The van der Waals surface area contributed by atoms with Gasteiger partial charge >= 0.3 is 0 Å². The fourth-order valence-corrected chi connectivity index (χ4v) is 2.00. The monoisotopic (exact) mass is 267 g/mol. The number of rotatable bonds is 3. The van der Waals surface area contributed by atoms with Crippen LogP contribution in [0.25, 0.3) is 10.9 Å². The predicted octanol–water partition coefficient (Wildman–Crippen LogP) is 2.11. The molecule has 2 aromatic heterocycles. The molecule has 6 heteroatoms. The van der Waals surface area contributed by atoms with Gasteiger partial charge in [0.05, 0.1) is 17.3 Å². The van der Waals surface area contributed by atoms with Crippen LogP contribution in [0.3, 0.4) is 0 Å². The molecule has 3 aromatic rings. The second kappa shape index (κ2) is 4.65. The number of pyridine rings is 1. The van der Waals surface area contributed by atoms with Gasteiger partial charge in [-0.3, -0.25) is 9.89 Å². The van der Waals surface area contributed by atoms with Gasteiger partial charge < -0.3 is 11.1 Å². The number of H-pyrrole nitrogens is 1. The zero-order valence-electron chi connectivity index (χ0n) is 10.8. The molecule has 4 N–H and O–H groups in total. The molecule has 0 saturated heterocycles. The Hall–Kier alpha value is -2.89. The summed E-state index contributed by atoms with van der Waals surface area (Å²) >= 11 is 0. The number of hydrogen-bond acceptors (Lipinski definition) is 4. The van der Waals surface area contributed by atoms with Gasteiger partial charge in [-0.2, -0.15) is 5.10 Å². The molecule has 0 aliphatic heterocycles. The van der Waals surface area contributed by atoms with E-state index in [9.17, 15) is 4.79 Å². The summed E-state index contributed by atoms with van der Waals surface area (Å²) in [4.78, 5) is 15.7. The molecule has 100 valence electrons. The standard InChI is InChI=1S/C14H13N5O/c1-8-2-5-11(13(15)20)14(17-8)18-10-4-3-9-7-16-19-12(9)6-10/h2-7H,1H3,(H2,15,20)(H,16,19)(H,17,18). The van der Waals surface area contributed by atoms with Gasteiger partial charge in [0.2, 0.25) is 0 Å². The lowest BCUT2D eigenvalue weighted by Gasteiger charge is -2.10. The molecule has 3 rings (SSSR count). The van der Waals surface area contributed by atoms with E-state index in [0.717, 1.165) is 22.3 Å². The maximum atomic E-state index is 11.4. The van der Waals surface area contributed by atoms with Gasteiger partial charge in [-0.1, -0.05) is 0 Å². The summed E-state index contributed by atoms with van der Waals surface area (Å²) in [5, 5.41) is 11.0. The van der Waals surface area contributed by atoms with Crippen LogP contribution in [0.5, 0.6) is 0 Å². The summed E-state index contributed by atoms with van der Waals surface area (Å²) < 4.78 is 0. The number of aromatic nitrogens is 3. The average molecular weight is 267 g/mol. The van der Waals surface area contributed by atoms with E-state index < -0.39 is 5.91 Å². The highest BCUT2D eigenvalue weighted by Gasteiger charge is 2.10. The Balaban J connectivity index is 2.01. The minimum Gasteiger partial charge on any atom is -0.365 e. The number of nitrogens with zero attached hydrogens (tertiary/aromatic N) is 2. The molecule has 2 heterocycles. The van der Waals surface area contributed by atoms with Crippen molar-refractivity contribution in [2.75, 3.05) is 5.32 Å². The molecule has 0 bridgehead atoms. The van der Waals surface area contributed by atoms with Crippen molar-refractivity contribution in [3.8, 4) is 0 Å². The minimum absolute atomic E-state index is 0.361. The normalized spacial score (nSPS) is 10.7. The first-order chi connectivity index (χ1) is 9.63. The second-order valence-electron chi connectivity index (χ2n) is 4.51. The van der Waals surface area contributed by atoms with E-state index in [1.54, 1.807) is 18.3 Å². The van der Waals surface area contributed by atoms with E-state index in [1.807, 2.05) is 25.1 Å². The maximum absolute atomic E-state index is 11.4. The van der Waals surface area contributed by atoms with Gasteiger partial charge in [0.25, 0.3) is 5.91 Å². The molecule has 0 aliphatic rings. The zero-order valence-corrected chi connectivity index (χ0v) is 10.8. The number of aryl methyl sites for hydroxylation is 1. The van der Waals surface area contributed by atoms with Crippen molar-refractivity contribution in [3.63, 3.8) is 0 Å². The SMILES string of the molecule is Cc1ccc(C(N)=O)c(Nc2ccc3cn[nH]c3c2)n1. The Labute approximate surface area is 115 Å². The number of amides is 1. The van der Waals surface area contributed by atoms with E-state index in [1.165, 1.54) is 0 Å². The van der Waals surface area contributed by atoms with Crippen LogP contribution in [0.2, 0.25) is 0 Å². The summed E-state index contributed by atoms with van der Waals surface area (Å²) in [5.41, 5.74) is 8.24. The van der Waals surface area contributed by atoms with Crippen LogP contribution in [0.4, 0.5) is 11.5 Å². The first kappa shape index (κ1) is 12.2. The van der Waals surface area contributed by atoms with Gasteiger partial charge in [0.15, 0.2) is 0 Å². The Morgan fingerprint density at radius 1 is 1.30 bits per heavy atom. The highest BCUT2D eigenvalue weighted by atomic mass is 16.1. The quantitative estimate of drug-likeness (QED) is 0.677. The summed E-state index contributed by atoms with van der Waals surface area (Å²) in [6.07, 6.45) is 1.75.